The molecule has 0 aliphatic heterocycles. The van der Waals surface area contributed by atoms with Crippen molar-refractivity contribution in [2.45, 2.75) is 45.8 Å². The third kappa shape index (κ3) is 5.95. The summed E-state index contributed by atoms with van der Waals surface area (Å²) in [6.07, 6.45) is -0.385. The van der Waals surface area contributed by atoms with Gasteiger partial charge in [-0.15, -0.1) is 0 Å². The minimum Gasteiger partial charge on any atom is -0.478 e. The predicted octanol–water partition coefficient (Wildman–Crippen LogP) is 2.41. The Morgan fingerprint density at radius 1 is 1.18 bits per heavy atom. The first kappa shape index (κ1) is 17.7. The van der Waals surface area contributed by atoms with Gasteiger partial charge in [0, 0.05) is 0 Å². The molecular formula is C16H21NO5. The molecule has 0 saturated carbocycles. The Hall–Kier alpha value is -2.37. The molecule has 2 N–H and O–H groups in total. The number of carboxylic acids is 1. The van der Waals surface area contributed by atoms with Crippen LogP contribution in [0.25, 0.3) is 0 Å². The molecule has 0 spiro atoms. The number of carbonyl (C=O) groups is 3. The number of carboxylic acid groups (broad SMARTS) is 1. The van der Waals surface area contributed by atoms with Crippen LogP contribution in [-0.4, -0.2) is 34.6 Å². The molecule has 120 valence electrons. The van der Waals surface area contributed by atoms with Crippen molar-refractivity contribution >= 4 is 17.8 Å². The summed E-state index contributed by atoms with van der Waals surface area (Å²) in [5, 5.41) is 11.4. The number of benzene rings is 1. The number of ether oxygens (including phenoxy) is 1. The van der Waals surface area contributed by atoms with Crippen molar-refractivity contribution in [2.75, 3.05) is 0 Å². The van der Waals surface area contributed by atoms with Crippen molar-refractivity contribution in [2.24, 2.45) is 0 Å². The number of nitrogens with one attached hydrogen (secondary N) is 1. The van der Waals surface area contributed by atoms with Crippen molar-refractivity contribution < 1.29 is 24.2 Å². The van der Waals surface area contributed by atoms with Gasteiger partial charge < -0.3 is 15.2 Å². The number of carbonyl (C=O) groups excluding carboxylic acids is 2. The van der Waals surface area contributed by atoms with Crippen LogP contribution < -0.4 is 5.32 Å². The van der Waals surface area contributed by atoms with Gasteiger partial charge in [-0.1, -0.05) is 12.1 Å². The number of rotatable bonds is 5. The molecule has 22 heavy (non-hydrogen) atoms. The number of alkyl carbamates (subject to hydrolysis) is 1. The van der Waals surface area contributed by atoms with Crippen molar-refractivity contribution in [3.8, 4) is 0 Å². The van der Waals surface area contributed by atoms with Gasteiger partial charge in [-0.25, -0.2) is 9.59 Å². The molecule has 6 nitrogen and oxygen atoms in total. The smallest absolute Gasteiger partial charge is 0.408 e. The van der Waals surface area contributed by atoms with Gasteiger partial charge in [0.2, 0.25) is 0 Å². The molecule has 1 rings (SSSR count). The molecule has 6 heteroatoms. The van der Waals surface area contributed by atoms with Crippen molar-refractivity contribution in [1.82, 2.24) is 5.32 Å². The average molecular weight is 307 g/mol. The molecule has 0 fully saturated rings. The van der Waals surface area contributed by atoms with Crippen LogP contribution in [0.1, 0.15) is 43.6 Å². The fourth-order valence-electron chi connectivity index (χ4n) is 1.77. The summed E-state index contributed by atoms with van der Waals surface area (Å²) in [6.45, 7) is 6.59. The Labute approximate surface area is 129 Å². The molecule has 1 aromatic carbocycles. The first-order valence-electron chi connectivity index (χ1n) is 6.90. The monoisotopic (exact) mass is 307 g/mol. The number of hydrogen-bond acceptors (Lipinski definition) is 4. The molecule has 1 aromatic rings. The molecule has 1 atom stereocenters. The normalized spacial score (nSPS) is 12.4. The van der Waals surface area contributed by atoms with Gasteiger partial charge in [0.05, 0.1) is 11.6 Å². The maximum Gasteiger partial charge on any atom is 0.408 e. The molecule has 0 aromatic heterocycles. The third-order valence-electron chi connectivity index (χ3n) is 2.82. The number of Topliss-reactive ketones (excluding diaryl/α,β-unsaturated/α-hetero) is 1. The SMILES string of the molecule is CC(=O)C(Cc1ccc(C(=O)O)cc1)NC(=O)OC(C)(C)C. The quantitative estimate of drug-likeness (QED) is 0.871. The highest BCUT2D eigenvalue weighted by Gasteiger charge is 2.22. The highest BCUT2D eigenvalue weighted by Crippen LogP contribution is 2.10. The maximum atomic E-state index is 11.7. The van der Waals surface area contributed by atoms with Gasteiger partial charge >= 0.3 is 12.1 Å². The molecule has 1 amide bonds. The van der Waals surface area contributed by atoms with Crippen molar-refractivity contribution in [3.05, 3.63) is 35.4 Å². The van der Waals surface area contributed by atoms with Crippen LogP contribution in [-0.2, 0) is 16.0 Å². The molecule has 0 radical (unpaired) electrons. The van der Waals surface area contributed by atoms with Gasteiger partial charge in [0.25, 0.3) is 0 Å². The summed E-state index contributed by atoms with van der Waals surface area (Å²) in [6, 6.07) is 5.45. The molecule has 0 heterocycles. The second kappa shape index (κ2) is 7.06. The lowest BCUT2D eigenvalue weighted by Gasteiger charge is -2.22. The van der Waals surface area contributed by atoms with E-state index < -0.39 is 23.7 Å². The molecule has 0 aliphatic carbocycles. The van der Waals surface area contributed by atoms with E-state index in [2.05, 4.69) is 5.32 Å². The van der Waals surface area contributed by atoms with E-state index in [1.165, 1.54) is 19.1 Å². The van der Waals surface area contributed by atoms with Crippen LogP contribution in [0, 0.1) is 0 Å². The van der Waals surface area contributed by atoms with E-state index >= 15 is 0 Å². The van der Waals surface area contributed by atoms with E-state index in [0.717, 1.165) is 5.56 Å². The average Bonchev–Trinajstić information content (AvgIpc) is 2.36. The van der Waals surface area contributed by atoms with E-state index in [4.69, 9.17) is 9.84 Å². The number of amides is 1. The van der Waals surface area contributed by atoms with E-state index in [0.29, 0.717) is 0 Å². The molecule has 0 saturated heterocycles. The van der Waals surface area contributed by atoms with Gasteiger partial charge in [-0.2, -0.15) is 0 Å². The first-order chi connectivity index (χ1) is 10.1. The largest absolute Gasteiger partial charge is 0.478 e. The highest BCUT2D eigenvalue weighted by atomic mass is 16.6. The van der Waals surface area contributed by atoms with Crippen LogP contribution in [0.5, 0.6) is 0 Å². The molecule has 0 bridgehead atoms. The predicted molar refractivity (Wildman–Crippen MR) is 80.9 cm³/mol. The number of ketones is 1. The molecule has 0 aliphatic rings. The zero-order valence-corrected chi connectivity index (χ0v) is 13.2. The molecular weight excluding hydrogens is 286 g/mol. The first-order valence-corrected chi connectivity index (χ1v) is 6.90. The minimum absolute atomic E-state index is 0.170. The summed E-state index contributed by atoms with van der Waals surface area (Å²) in [7, 11) is 0. The lowest BCUT2D eigenvalue weighted by molar-refractivity contribution is -0.119. The minimum atomic E-state index is -1.01. The van der Waals surface area contributed by atoms with Crippen LogP contribution in [0.4, 0.5) is 4.79 Å². The topological polar surface area (TPSA) is 92.7 Å². The third-order valence-corrected chi connectivity index (χ3v) is 2.82. The summed E-state index contributed by atoms with van der Waals surface area (Å²) in [4.78, 5) is 34.2. The van der Waals surface area contributed by atoms with Crippen molar-refractivity contribution in [1.29, 1.82) is 0 Å². The van der Waals surface area contributed by atoms with Crippen LogP contribution >= 0.6 is 0 Å². The van der Waals surface area contributed by atoms with Crippen LogP contribution in [0.3, 0.4) is 0 Å². The lowest BCUT2D eigenvalue weighted by Crippen LogP contribution is -2.43. The summed E-state index contributed by atoms with van der Waals surface area (Å²) in [5.74, 6) is -1.21. The van der Waals surface area contributed by atoms with Gasteiger partial charge in [0.1, 0.15) is 5.60 Å². The highest BCUT2D eigenvalue weighted by molar-refractivity contribution is 5.88. The van der Waals surface area contributed by atoms with E-state index in [1.807, 2.05) is 0 Å². The van der Waals surface area contributed by atoms with E-state index in [-0.39, 0.29) is 17.8 Å². The Morgan fingerprint density at radius 3 is 2.14 bits per heavy atom. The fourth-order valence-corrected chi connectivity index (χ4v) is 1.77. The summed E-state index contributed by atoms with van der Waals surface area (Å²) >= 11 is 0. The zero-order valence-electron chi connectivity index (χ0n) is 13.2. The van der Waals surface area contributed by atoms with Crippen LogP contribution in [0.2, 0.25) is 0 Å². The maximum absolute atomic E-state index is 11.7. The van der Waals surface area contributed by atoms with E-state index in [9.17, 15) is 14.4 Å². The fraction of sp³-hybridized carbons (Fsp3) is 0.438. The Balaban J connectivity index is 2.74. The Bertz CT molecular complexity index is 557. The van der Waals surface area contributed by atoms with Gasteiger partial charge in [0.15, 0.2) is 5.78 Å². The van der Waals surface area contributed by atoms with Crippen LogP contribution in [0.15, 0.2) is 24.3 Å². The molecule has 1 unspecified atom stereocenters. The van der Waals surface area contributed by atoms with Gasteiger partial charge in [-0.05, 0) is 51.8 Å². The number of aromatic carboxylic acids is 1. The second-order valence-corrected chi connectivity index (χ2v) is 6.02. The lowest BCUT2D eigenvalue weighted by atomic mass is 10.0. The van der Waals surface area contributed by atoms with Gasteiger partial charge in [-0.3, -0.25) is 4.79 Å². The van der Waals surface area contributed by atoms with Crippen molar-refractivity contribution in [3.63, 3.8) is 0 Å². The zero-order chi connectivity index (χ0) is 16.9. The summed E-state index contributed by atoms with van der Waals surface area (Å²) in [5.41, 5.74) is 0.277. The standard InChI is InChI=1S/C16H21NO5/c1-10(18)13(17-15(21)22-16(2,3)4)9-11-5-7-12(8-6-11)14(19)20/h5-8,13H,9H2,1-4H3,(H,17,21)(H,19,20). The number of hydrogen-bond donors (Lipinski definition) is 2. The van der Waals surface area contributed by atoms with E-state index in [1.54, 1.807) is 32.9 Å². The summed E-state index contributed by atoms with van der Waals surface area (Å²) < 4.78 is 5.13. The Morgan fingerprint density at radius 2 is 1.73 bits per heavy atom. The second-order valence-electron chi connectivity index (χ2n) is 6.02. The Kier molecular flexibility index (Phi) is 5.68.